The number of carbonyl (C=O) groups is 1. The topological polar surface area (TPSA) is 66.9 Å². The molecule has 2 heterocycles. The van der Waals surface area contributed by atoms with Crippen LogP contribution in [0, 0.1) is 0 Å². The van der Waals surface area contributed by atoms with Crippen LogP contribution in [0.4, 0.5) is 16.3 Å². The van der Waals surface area contributed by atoms with E-state index in [1.807, 2.05) is 17.0 Å². The second kappa shape index (κ2) is 7.93. The Balaban J connectivity index is 1.40. The SMILES string of the molecule is COc1ccc(NC(=O)N2CCN(c3nsc4ccccc34)CC2)c(OC)c1. The highest BCUT2D eigenvalue weighted by atomic mass is 32.1. The third-order valence-electron chi connectivity index (χ3n) is 4.88. The lowest BCUT2D eigenvalue weighted by Crippen LogP contribution is -2.50. The van der Waals surface area contributed by atoms with Gasteiger partial charge in [-0.3, -0.25) is 0 Å². The average molecular weight is 398 g/mol. The Kier molecular flexibility index (Phi) is 5.21. The number of amides is 2. The van der Waals surface area contributed by atoms with Gasteiger partial charge in [0, 0.05) is 37.6 Å². The number of methoxy groups -OCH3 is 2. The number of nitrogens with zero attached hydrogens (tertiary/aromatic N) is 3. The van der Waals surface area contributed by atoms with Crippen LogP contribution in [0.5, 0.6) is 11.5 Å². The van der Waals surface area contributed by atoms with Gasteiger partial charge in [0.05, 0.1) is 24.6 Å². The number of hydrogen-bond donors (Lipinski definition) is 1. The summed E-state index contributed by atoms with van der Waals surface area (Å²) < 4.78 is 16.4. The molecule has 0 saturated carbocycles. The summed E-state index contributed by atoms with van der Waals surface area (Å²) in [5.41, 5.74) is 0.626. The van der Waals surface area contributed by atoms with E-state index in [4.69, 9.17) is 9.47 Å². The van der Waals surface area contributed by atoms with Crippen molar-refractivity contribution in [3.05, 3.63) is 42.5 Å². The molecule has 3 aromatic rings. The number of hydrogen-bond acceptors (Lipinski definition) is 6. The van der Waals surface area contributed by atoms with Crippen molar-refractivity contribution in [3.8, 4) is 11.5 Å². The molecule has 2 amide bonds. The van der Waals surface area contributed by atoms with E-state index in [1.165, 1.54) is 21.6 Å². The zero-order valence-corrected chi connectivity index (χ0v) is 16.7. The first-order chi connectivity index (χ1) is 13.7. The van der Waals surface area contributed by atoms with Crippen LogP contribution < -0.4 is 19.7 Å². The Bertz CT molecular complexity index is 982. The number of carbonyl (C=O) groups excluding carboxylic acids is 1. The monoisotopic (exact) mass is 398 g/mol. The normalized spacial score (nSPS) is 14.2. The summed E-state index contributed by atoms with van der Waals surface area (Å²) in [7, 11) is 3.17. The third kappa shape index (κ3) is 3.55. The van der Waals surface area contributed by atoms with Gasteiger partial charge in [-0.1, -0.05) is 12.1 Å². The standard InChI is InChI=1S/C20H22N4O3S/c1-26-14-7-8-16(17(13-14)27-2)21-20(25)24-11-9-23(10-12-24)19-15-5-3-4-6-18(15)28-22-19/h3-8,13H,9-12H2,1-2H3,(H,21,25). The second-order valence-corrected chi connectivity index (χ2v) is 7.28. The molecule has 1 aliphatic heterocycles. The molecule has 7 nitrogen and oxygen atoms in total. The van der Waals surface area contributed by atoms with Gasteiger partial charge in [0.15, 0.2) is 0 Å². The maximum Gasteiger partial charge on any atom is 0.322 e. The number of rotatable bonds is 4. The van der Waals surface area contributed by atoms with Gasteiger partial charge in [0.2, 0.25) is 0 Å². The van der Waals surface area contributed by atoms with E-state index in [1.54, 1.807) is 32.4 Å². The number of piperazine rings is 1. The van der Waals surface area contributed by atoms with Gasteiger partial charge in [0.1, 0.15) is 17.3 Å². The third-order valence-corrected chi connectivity index (χ3v) is 5.69. The number of urea groups is 1. The fraction of sp³-hybridized carbons (Fsp3) is 0.300. The number of aromatic nitrogens is 1. The van der Waals surface area contributed by atoms with Crippen LogP contribution in [0.15, 0.2) is 42.5 Å². The molecule has 1 aliphatic rings. The maximum atomic E-state index is 12.7. The number of fused-ring (bicyclic) bond motifs is 1. The van der Waals surface area contributed by atoms with E-state index in [0.29, 0.717) is 30.3 Å². The van der Waals surface area contributed by atoms with Gasteiger partial charge < -0.3 is 24.6 Å². The molecular weight excluding hydrogens is 376 g/mol. The second-order valence-electron chi connectivity index (χ2n) is 6.47. The highest BCUT2D eigenvalue weighted by Crippen LogP contribution is 2.31. The molecule has 0 radical (unpaired) electrons. The number of nitrogens with one attached hydrogen (secondary N) is 1. The summed E-state index contributed by atoms with van der Waals surface area (Å²) in [6.45, 7) is 2.77. The summed E-state index contributed by atoms with van der Waals surface area (Å²) >= 11 is 1.51. The minimum atomic E-state index is -0.133. The van der Waals surface area contributed by atoms with E-state index in [-0.39, 0.29) is 6.03 Å². The van der Waals surface area contributed by atoms with Gasteiger partial charge in [0.25, 0.3) is 0 Å². The first-order valence-corrected chi connectivity index (χ1v) is 9.84. The zero-order chi connectivity index (χ0) is 19.5. The van der Waals surface area contributed by atoms with Crippen LogP contribution >= 0.6 is 11.5 Å². The van der Waals surface area contributed by atoms with Crippen LogP contribution in [0.2, 0.25) is 0 Å². The molecule has 1 fully saturated rings. The first-order valence-electron chi connectivity index (χ1n) is 9.07. The Morgan fingerprint density at radius 1 is 1.07 bits per heavy atom. The molecule has 1 saturated heterocycles. The van der Waals surface area contributed by atoms with Crippen molar-refractivity contribution < 1.29 is 14.3 Å². The Morgan fingerprint density at radius 3 is 2.61 bits per heavy atom. The molecule has 28 heavy (non-hydrogen) atoms. The number of anilines is 2. The molecule has 1 N–H and O–H groups in total. The van der Waals surface area contributed by atoms with E-state index in [9.17, 15) is 4.79 Å². The van der Waals surface area contributed by atoms with Crippen molar-refractivity contribution in [1.29, 1.82) is 0 Å². The minimum Gasteiger partial charge on any atom is -0.497 e. The van der Waals surface area contributed by atoms with Crippen molar-refractivity contribution >= 4 is 39.2 Å². The quantitative estimate of drug-likeness (QED) is 0.726. The van der Waals surface area contributed by atoms with Gasteiger partial charge in [-0.2, -0.15) is 4.37 Å². The predicted molar refractivity (Wildman–Crippen MR) is 112 cm³/mol. The Hall–Kier alpha value is -3.00. The van der Waals surface area contributed by atoms with Crippen LogP contribution in [-0.2, 0) is 0 Å². The summed E-state index contributed by atoms with van der Waals surface area (Å²) in [6, 6.07) is 13.4. The van der Waals surface area contributed by atoms with Crippen molar-refractivity contribution in [2.24, 2.45) is 0 Å². The molecule has 0 bridgehead atoms. The lowest BCUT2D eigenvalue weighted by Gasteiger charge is -2.35. The first kappa shape index (κ1) is 18.4. The van der Waals surface area contributed by atoms with E-state index < -0.39 is 0 Å². The fourth-order valence-electron chi connectivity index (χ4n) is 3.32. The highest BCUT2D eigenvalue weighted by Gasteiger charge is 2.24. The number of ether oxygens (including phenoxy) is 2. The summed E-state index contributed by atoms with van der Waals surface area (Å²) in [6.07, 6.45) is 0. The van der Waals surface area contributed by atoms with E-state index >= 15 is 0 Å². The van der Waals surface area contributed by atoms with Crippen molar-refractivity contribution in [2.45, 2.75) is 0 Å². The van der Waals surface area contributed by atoms with Gasteiger partial charge in [-0.25, -0.2) is 4.79 Å². The molecule has 0 atom stereocenters. The van der Waals surface area contributed by atoms with Crippen LogP contribution in [0.25, 0.3) is 10.1 Å². The van der Waals surface area contributed by atoms with Crippen molar-refractivity contribution in [2.75, 3.05) is 50.6 Å². The molecule has 4 rings (SSSR count). The largest absolute Gasteiger partial charge is 0.497 e. The highest BCUT2D eigenvalue weighted by molar-refractivity contribution is 7.13. The molecule has 2 aromatic carbocycles. The molecule has 1 aromatic heterocycles. The van der Waals surface area contributed by atoms with Crippen LogP contribution in [0.3, 0.4) is 0 Å². The van der Waals surface area contributed by atoms with Crippen LogP contribution in [-0.4, -0.2) is 55.7 Å². The molecule has 0 unspecified atom stereocenters. The smallest absolute Gasteiger partial charge is 0.322 e. The molecule has 0 spiro atoms. The molecule has 0 aliphatic carbocycles. The van der Waals surface area contributed by atoms with Gasteiger partial charge >= 0.3 is 6.03 Å². The zero-order valence-electron chi connectivity index (χ0n) is 15.8. The Morgan fingerprint density at radius 2 is 1.86 bits per heavy atom. The van der Waals surface area contributed by atoms with Gasteiger partial charge in [-0.05, 0) is 35.8 Å². The summed E-state index contributed by atoms with van der Waals surface area (Å²) in [4.78, 5) is 16.8. The Labute approximate surface area is 167 Å². The maximum absolute atomic E-state index is 12.7. The molecule has 146 valence electrons. The summed E-state index contributed by atoms with van der Waals surface area (Å²) in [5.74, 6) is 2.26. The lowest BCUT2D eigenvalue weighted by atomic mass is 10.2. The van der Waals surface area contributed by atoms with E-state index in [2.05, 4.69) is 26.7 Å². The number of benzene rings is 2. The van der Waals surface area contributed by atoms with E-state index in [0.717, 1.165) is 18.9 Å². The average Bonchev–Trinajstić information content (AvgIpc) is 3.18. The fourth-order valence-corrected chi connectivity index (χ4v) is 4.11. The predicted octanol–water partition coefficient (Wildman–Crippen LogP) is 3.67. The van der Waals surface area contributed by atoms with Crippen molar-refractivity contribution in [1.82, 2.24) is 9.27 Å². The van der Waals surface area contributed by atoms with Gasteiger partial charge in [-0.15, -0.1) is 0 Å². The minimum absolute atomic E-state index is 0.133. The summed E-state index contributed by atoms with van der Waals surface area (Å²) in [5, 5.41) is 4.11. The van der Waals surface area contributed by atoms with Crippen molar-refractivity contribution in [3.63, 3.8) is 0 Å². The lowest BCUT2D eigenvalue weighted by molar-refractivity contribution is 0.208. The molecular formula is C20H22N4O3S. The van der Waals surface area contributed by atoms with Crippen LogP contribution in [0.1, 0.15) is 0 Å². The molecule has 8 heteroatoms.